The van der Waals surface area contributed by atoms with Crippen LogP contribution in [0, 0.1) is 0 Å². The van der Waals surface area contributed by atoms with Crippen LogP contribution >= 0.6 is 0 Å². The van der Waals surface area contributed by atoms with E-state index >= 15 is 0 Å². The van der Waals surface area contributed by atoms with Crippen LogP contribution in [0.2, 0.25) is 0 Å². The minimum Gasteiger partial charge on any atom is -0.469 e. The first-order valence-corrected chi connectivity index (χ1v) is 6.89. The highest BCUT2D eigenvalue weighted by Crippen LogP contribution is 2.12. The standard InChI is InChI=1S/C15H20N2O4/c1-20-15(19)9-13-10-17(6-7-21-13)14(18)8-11-2-4-12(16)5-3-11/h2-5,13H,6-10,16H2,1H3. The van der Waals surface area contributed by atoms with Gasteiger partial charge in [-0.2, -0.15) is 0 Å². The summed E-state index contributed by atoms with van der Waals surface area (Å²) in [5.41, 5.74) is 7.22. The molecule has 6 nitrogen and oxygen atoms in total. The van der Waals surface area contributed by atoms with Gasteiger partial charge in [-0.25, -0.2) is 0 Å². The van der Waals surface area contributed by atoms with Crippen molar-refractivity contribution in [3.63, 3.8) is 0 Å². The molecular formula is C15H20N2O4. The molecule has 0 radical (unpaired) electrons. The molecule has 1 aromatic carbocycles. The molecule has 114 valence electrons. The Labute approximate surface area is 123 Å². The second-order valence-electron chi connectivity index (χ2n) is 5.03. The van der Waals surface area contributed by atoms with Crippen LogP contribution in [0.4, 0.5) is 5.69 Å². The molecule has 0 aromatic heterocycles. The number of rotatable bonds is 4. The highest BCUT2D eigenvalue weighted by molar-refractivity contribution is 5.79. The van der Waals surface area contributed by atoms with Crippen LogP contribution in [0.3, 0.4) is 0 Å². The Morgan fingerprint density at radius 1 is 1.38 bits per heavy atom. The van der Waals surface area contributed by atoms with Crippen molar-refractivity contribution < 1.29 is 19.1 Å². The maximum Gasteiger partial charge on any atom is 0.308 e. The number of hydrogen-bond acceptors (Lipinski definition) is 5. The van der Waals surface area contributed by atoms with Gasteiger partial charge in [0.2, 0.25) is 5.91 Å². The fourth-order valence-electron chi connectivity index (χ4n) is 2.26. The molecule has 6 heteroatoms. The third-order valence-corrected chi connectivity index (χ3v) is 3.45. The van der Waals surface area contributed by atoms with Crippen molar-refractivity contribution in [3.8, 4) is 0 Å². The van der Waals surface area contributed by atoms with Gasteiger partial charge in [0.25, 0.3) is 0 Å². The van der Waals surface area contributed by atoms with Gasteiger partial charge in [-0.05, 0) is 17.7 Å². The molecular weight excluding hydrogens is 272 g/mol. The fourth-order valence-corrected chi connectivity index (χ4v) is 2.26. The van der Waals surface area contributed by atoms with E-state index in [0.29, 0.717) is 31.8 Å². The predicted molar refractivity (Wildman–Crippen MR) is 77.5 cm³/mol. The third-order valence-electron chi connectivity index (χ3n) is 3.45. The van der Waals surface area contributed by atoms with Gasteiger partial charge in [0.05, 0.1) is 32.7 Å². The van der Waals surface area contributed by atoms with E-state index < -0.39 is 0 Å². The van der Waals surface area contributed by atoms with Crippen molar-refractivity contribution in [1.29, 1.82) is 0 Å². The molecule has 1 unspecified atom stereocenters. The lowest BCUT2D eigenvalue weighted by molar-refractivity contribution is -0.149. The normalized spacial score (nSPS) is 18.3. The molecule has 0 spiro atoms. The van der Waals surface area contributed by atoms with Gasteiger partial charge < -0.3 is 20.1 Å². The summed E-state index contributed by atoms with van der Waals surface area (Å²) in [4.78, 5) is 25.3. The van der Waals surface area contributed by atoms with Gasteiger partial charge in [0.1, 0.15) is 0 Å². The lowest BCUT2D eigenvalue weighted by Gasteiger charge is -2.32. The zero-order valence-electron chi connectivity index (χ0n) is 12.1. The Balaban J connectivity index is 1.89. The summed E-state index contributed by atoms with van der Waals surface area (Å²) in [6.45, 7) is 1.41. The van der Waals surface area contributed by atoms with Crippen LogP contribution in [-0.2, 0) is 25.5 Å². The second-order valence-corrected chi connectivity index (χ2v) is 5.03. The van der Waals surface area contributed by atoms with E-state index in [1.54, 1.807) is 17.0 Å². The Kier molecular flexibility index (Phi) is 5.16. The number of carbonyl (C=O) groups is 2. The molecule has 21 heavy (non-hydrogen) atoms. The van der Waals surface area contributed by atoms with Crippen LogP contribution in [0.5, 0.6) is 0 Å². The Morgan fingerprint density at radius 2 is 2.10 bits per heavy atom. The summed E-state index contributed by atoms with van der Waals surface area (Å²) in [5.74, 6) is -0.300. The molecule has 0 saturated carbocycles. The number of nitrogens with zero attached hydrogens (tertiary/aromatic N) is 1. The van der Waals surface area contributed by atoms with Crippen molar-refractivity contribution in [2.45, 2.75) is 18.9 Å². The third kappa shape index (κ3) is 4.46. The number of benzene rings is 1. The molecule has 1 aromatic rings. The second kappa shape index (κ2) is 7.08. The smallest absolute Gasteiger partial charge is 0.308 e. The maximum absolute atomic E-state index is 12.3. The average Bonchev–Trinajstić information content (AvgIpc) is 2.49. The van der Waals surface area contributed by atoms with Crippen LogP contribution in [0.15, 0.2) is 24.3 Å². The van der Waals surface area contributed by atoms with Gasteiger partial charge in [-0.3, -0.25) is 9.59 Å². The summed E-state index contributed by atoms with van der Waals surface area (Å²) in [5, 5.41) is 0. The molecule has 2 rings (SSSR count). The topological polar surface area (TPSA) is 81.9 Å². The van der Waals surface area contributed by atoms with Crippen molar-refractivity contribution >= 4 is 17.6 Å². The highest BCUT2D eigenvalue weighted by Gasteiger charge is 2.26. The molecule has 1 aliphatic heterocycles. The van der Waals surface area contributed by atoms with Gasteiger partial charge >= 0.3 is 5.97 Å². The lowest BCUT2D eigenvalue weighted by Crippen LogP contribution is -2.46. The van der Waals surface area contributed by atoms with Crippen molar-refractivity contribution in [2.24, 2.45) is 0 Å². The van der Waals surface area contributed by atoms with E-state index in [4.69, 9.17) is 10.5 Å². The van der Waals surface area contributed by atoms with Crippen molar-refractivity contribution in [1.82, 2.24) is 4.90 Å². The summed E-state index contributed by atoms with van der Waals surface area (Å²) in [6, 6.07) is 7.25. The first kappa shape index (κ1) is 15.3. The van der Waals surface area contributed by atoms with Crippen LogP contribution in [0.1, 0.15) is 12.0 Å². The summed E-state index contributed by atoms with van der Waals surface area (Å²) in [6.07, 6.45) is 0.203. The number of carbonyl (C=O) groups excluding carboxylic acids is 2. The van der Waals surface area contributed by atoms with Gasteiger partial charge in [0, 0.05) is 18.8 Å². The Bertz CT molecular complexity index is 501. The van der Waals surface area contributed by atoms with E-state index in [0.717, 1.165) is 5.56 Å². The first-order chi connectivity index (χ1) is 10.1. The lowest BCUT2D eigenvalue weighted by atomic mass is 10.1. The number of nitrogens with two attached hydrogens (primary N) is 1. The van der Waals surface area contributed by atoms with E-state index in [9.17, 15) is 9.59 Å². The average molecular weight is 292 g/mol. The SMILES string of the molecule is COC(=O)CC1CN(C(=O)Cc2ccc(N)cc2)CCO1. The zero-order valence-corrected chi connectivity index (χ0v) is 12.1. The van der Waals surface area contributed by atoms with Crippen molar-refractivity contribution in [2.75, 3.05) is 32.5 Å². The van der Waals surface area contributed by atoms with E-state index in [-0.39, 0.29) is 24.4 Å². The Hall–Kier alpha value is -2.08. The highest BCUT2D eigenvalue weighted by atomic mass is 16.5. The quantitative estimate of drug-likeness (QED) is 0.649. The van der Waals surface area contributed by atoms with Gasteiger partial charge in [0.15, 0.2) is 0 Å². The molecule has 1 atom stereocenters. The van der Waals surface area contributed by atoms with Gasteiger partial charge in [-0.1, -0.05) is 12.1 Å². The van der Waals surface area contributed by atoms with E-state index in [1.807, 2.05) is 12.1 Å². The monoisotopic (exact) mass is 292 g/mol. The molecule has 0 bridgehead atoms. The summed E-state index contributed by atoms with van der Waals surface area (Å²) >= 11 is 0. The maximum atomic E-state index is 12.3. The number of anilines is 1. The van der Waals surface area contributed by atoms with Crippen molar-refractivity contribution in [3.05, 3.63) is 29.8 Å². The number of morpholine rings is 1. The molecule has 0 aliphatic carbocycles. The fraction of sp³-hybridized carbons (Fsp3) is 0.467. The van der Waals surface area contributed by atoms with E-state index in [1.165, 1.54) is 7.11 Å². The molecule has 1 saturated heterocycles. The number of hydrogen-bond donors (Lipinski definition) is 1. The molecule has 1 amide bonds. The minimum absolute atomic E-state index is 0.0259. The number of amides is 1. The van der Waals surface area contributed by atoms with Gasteiger partial charge in [-0.15, -0.1) is 0 Å². The number of nitrogen functional groups attached to an aromatic ring is 1. The predicted octanol–water partition coefficient (Wildman–Crippen LogP) is 0.602. The molecule has 1 heterocycles. The minimum atomic E-state index is -0.326. The Morgan fingerprint density at radius 3 is 2.76 bits per heavy atom. The molecule has 2 N–H and O–H groups in total. The zero-order chi connectivity index (χ0) is 15.2. The van der Waals surface area contributed by atoms with E-state index in [2.05, 4.69) is 4.74 Å². The summed E-state index contributed by atoms with van der Waals surface area (Å²) < 4.78 is 10.1. The number of esters is 1. The largest absolute Gasteiger partial charge is 0.469 e. The van der Waals surface area contributed by atoms with Crippen LogP contribution < -0.4 is 5.73 Å². The molecule has 1 aliphatic rings. The summed E-state index contributed by atoms with van der Waals surface area (Å²) in [7, 11) is 1.34. The molecule has 1 fully saturated rings. The number of ether oxygens (including phenoxy) is 2. The first-order valence-electron chi connectivity index (χ1n) is 6.89. The van der Waals surface area contributed by atoms with Crippen LogP contribution in [-0.4, -0.2) is 49.7 Å². The number of methoxy groups -OCH3 is 1. The van der Waals surface area contributed by atoms with Crippen LogP contribution in [0.25, 0.3) is 0 Å².